The molecule has 1 atom stereocenters. The second-order valence-electron chi connectivity index (χ2n) is 6.20. The van der Waals surface area contributed by atoms with Crippen molar-refractivity contribution in [1.29, 1.82) is 5.26 Å². The van der Waals surface area contributed by atoms with Crippen molar-refractivity contribution in [3.05, 3.63) is 30.1 Å². The predicted octanol–water partition coefficient (Wildman–Crippen LogP) is 1.91. The van der Waals surface area contributed by atoms with Crippen LogP contribution in [0.2, 0.25) is 0 Å². The Morgan fingerprint density at radius 1 is 1.35 bits per heavy atom. The predicted molar refractivity (Wildman–Crippen MR) is 86.3 cm³/mol. The van der Waals surface area contributed by atoms with Crippen molar-refractivity contribution in [2.45, 2.75) is 38.1 Å². The fourth-order valence-corrected chi connectivity index (χ4v) is 3.73. The zero-order chi connectivity index (χ0) is 15.8. The molecule has 0 radical (unpaired) electrons. The first-order valence-corrected chi connectivity index (χ1v) is 8.20. The van der Waals surface area contributed by atoms with Crippen molar-refractivity contribution in [2.75, 3.05) is 18.0 Å². The third-order valence-corrected chi connectivity index (χ3v) is 4.91. The van der Waals surface area contributed by atoms with Gasteiger partial charge in [0.1, 0.15) is 6.04 Å². The molecule has 6 nitrogen and oxygen atoms in total. The molecular formula is C17H19N5O. The molecule has 1 unspecified atom stereocenters. The summed E-state index contributed by atoms with van der Waals surface area (Å²) in [6.45, 7) is 1.37. The van der Waals surface area contributed by atoms with Gasteiger partial charge < -0.3 is 4.90 Å². The lowest BCUT2D eigenvalue weighted by atomic mass is 10.1. The summed E-state index contributed by atoms with van der Waals surface area (Å²) in [6.07, 6.45) is 14.8. The number of carbonyl (C=O) groups excluding carboxylic acids is 1. The van der Waals surface area contributed by atoms with Gasteiger partial charge in [-0.15, -0.1) is 0 Å². The van der Waals surface area contributed by atoms with Crippen LogP contribution in [0.25, 0.3) is 5.70 Å². The number of aromatic nitrogens is 2. The maximum absolute atomic E-state index is 12.8. The van der Waals surface area contributed by atoms with Gasteiger partial charge in [-0.3, -0.25) is 9.69 Å². The third kappa shape index (κ3) is 2.24. The molecule has 3 aliphatic rings. The summed E-state index contributed by atoms with van der Waals surface area (Å²) in [5.74, 6) is 0.0415. The van der Waals surface area contributed by atoms with E-state index in [0.717, 1.165) is 43.5 Å². The fraction of sp³-hybridized carbons (Fsp3) is 0.471. The molecule has 1 aliphatic carbocycles. The van der Waals surface area contributed by atoms with E-state index < -0.39 is 0 Å². The van der Waals surface area contributed by atoms with Crippen LogP contribution < -0.4 is 4.90 Å². The minimum atomic E-state index is -0.300. The van der Waals surface area contributed by atoms with Crippen molar-refractivity contribution in [1.82, 2.24) is 14.7 Å². The van der Waals surface area contributed by atoms with Crippen LogP contribution in [0.5, 0.6) is 0 Å². The highest BCUT2D eigenvalue weighted by molar-refractivity contribution is 5.99. The van der Waals surface area contributed by atoms with Crippen LogP contribution >= 0.6 is 0 Å². The van der Waals surface area contributed by atoms with Crippen LogP contribution in [0.4, 0.5) is 5.69 Å². The Kier molecular flexibility index (Phi) is 3.41. The van der Waals surface area contributed by atoms with Gasteiger partial charge in [-0.1, -0.05) is 12.2 Å². The van der Waals surface area contributed by atoms with E-state index in [2.05, 4.69) is 29.5 Å². The molecular weight excluding hydrogens is 290 g/mol. The Labute approximate surface area is 135 Å². The molecule has 1 aromatic heterocycles. The molecule has 23 heavy (non-hydrogen) atoms. The van der Waals surface area contributed by atoms with Gasteiger partial charge in [0.05, 0.1) is 17.6 Å². The first kappa shape index (κ1) is 14.1. The maximum atomic E-state index is 12.8. The molecule has 0 N–H and O–H groups in total. The molecule has 118 valence electrons. The van der Waals surface area contributed by atoms with E-state index in [1.807, 2.05) is 9.58 Å². The highest BCUT2D eigenvalue weighted by atomic mass is 16.2. The van der Waals surface area contributed by atoms with Gasteiger partial charge in [-0.25, -0.2) is 4.68 Å². The molecule has 0 aromatic carbocycles. The van der Waals surface area contributed by atoms with Crippen LogP contribution in [-0.4, -0.2) is 39.7 Å². The minimum absolute atomic E-state index is 0.0415. The van der Waals surface area contributed by atoms with E-state index in [9.17, 15) is 10.1 Å². The van der Waals surface area contributed by atoms with Gasteiger partial charge in [0.25, 0.3) is 5.91 Å². The fourth-order valence-electron chi connectivity index (χ4n) is 3.73. The standard InChI is InChI=1S/C17H19N5O/c18-12-20-9-4-7-15(20)17(23)21-10-8-14-16(21)11-19-22(14)13-5-2-1-3-6-13/h1-2,5,11,15H,3-4,6-10H2. The maximum Gasteiger partial charge on any atom is 0.250 e. The van der Waals surface area contributed by atoms with E-state index in [1.54, 1.807) is 11.1 Å². The van der Waals surface area contributed by atoms with Gasteiger partial charge in [0.2, 0.25) is 0 Å². The van der Waals surface area contributed by atoms with Crippen molar-refractivity contribution in [3.8, 4) is 6.19 Å². The number of rotatable bonds is 2. The van der Waals surface area contributed by atoms with Crippen molar-refractivity contribution in [2.24, 2.45) is 0 Å². The zero-order valence-corrected chi connectivity index (χ0v) is 13.0. The second-order valence-corrected chi connectivity index (χ2v) is 6.20. The zero-order valence-electron chi connectivity index (χ0n) is 13.0. The Balaban J connectivity index is 1.60. The van der Waals surface area contributed by atoms with Gasteiger partial charge in [0, 0.05) is 25.2 Å². The third-order valence-electron chi connectivity index (χ3n) is 4.91. The van der Waals surface area contributed by atoms with Crippen molar-refractivity contribution >= 4 is 17.3 Å². The van der Waals surface area contributed by atoms with Crippen LogP contribution in [0.15, 0.2) is 24.4 Å². The van der Waals surface area contributed by atoms with Crippen LogP contribution in [0.3, 0.4) is 0 Å². The van der Waals surface area contributed by atoms with Gasteiger partial charge in [0.15, 0.2) is 6.19 Å². The van der Waals surface area contributed by atoms with E-state index in [4.69, 9.17) is 0 Å². The number of nitrogens with zero attached hydrogens (tertiary/aromatic N) is 5. The largest absolute Gasteiger partial charge is 0.307 e. The van der Waals surface area contributed by atoms with Crippen LogP contribution in [-0.2, 0) is 11.2 Å². The lowest BCUT2D eigenvalue weighted by molar-refractivity contribution is -0.121. The van der Waals surface area contributed by atoms with E-state index in [-0.39, 0.29) is 11.9 Å². The highest BCUT2D eigenvalue weighted by Crippen LogP contribution is 2.33. The Morgan fingerprint density at radius 3 is 3.04 bits per heavy atom. The number of hydrogen-bond donors (Lipinski definition) is 0. The summed E-state index contributed by atoms with van der Waals surface area (Å²) in [7, 11) is 0. The van der Waals surface area contributed by atoms with Crippen LogP contribution in [0, 0.1) is 11.5 Å². The van der Waals surface area contributed by atoms with Crippen LogP contribution in [0.1, 0.15) is 31.4 Å². The number of hydrogen-bond acceptors (Lipinski definition) is 4. The van der Waals surface area contributed by atoms with Gasteiger partial charge in [-0.05, 0) is 31.8 Å². The number of nitriles is 1. The molecule has 1 fully saturated rings. The molecule has 1 aromatic rings. The molecule has 1 saturated heterocycles. The number of likely N-dealkylation sites (tertiary alicyclic amines) is 1. The molecule has 2 aliphatic heterocycles. The smallest absolute Gasteiger partial charge is 0.250 e. The van der Waals surface area contributed by atoms with Gasteiger partial charge in [-0.2, -0.15) is 10.4 Å². The summed E-state index contributed by atoms with van der Waals surface area (Å²) in [6, 6.07) is -0.300. The Morgan fingerprint density at radius 2 is 2.26 bits per heavy atom. The van der Waals surface area contributed by atoms with Gasteiger partial charge >= 0.3 is 0 Å². The molecule has 0 saturated carbocycles. The molecule has 0 bridgehead atoms. The number of anilines is 1. The molecule has 3 heterocycles. The summed E-state index contributed by atoms with van der Waals surface area (Å²) in [5, 5.41) is 13.7. The number of amides is 1. The first-order chi connectivity index (χ1) is 11.3. The topological polar surface area (TPSA) is 65.2 Å². The highest BCUT2D eigenvalue weighted by Gasteiger charge is 2.37. The number of allylic oxidation sites excluding steroid dienone is 4. The monoisotopic (exact) mass is 309 g/mol. The normalized spacial score (nSPS) is 22.9. The summed E-state index contributed by atoms with van der Waals surface area (Å²) in [5.41, 5.74) is 3.21. The average Bonchev–Trinajstić information content (AvgIpc) is 3.30. The minimum Gasteiger partial charge on any atom is -0.307 e. The summed E-state index contributed by atoms with van der Waals surface area (Å²) < 4.78 is 1.99. The number of carbonyl (C=O) groups is 1. The van der Waals surface area contributed by atoms with Crippen molar-refractivity contribution < 1.29 is 4.79 Å². The lowest BCUT2D eigenvalue weighted by Crippen LogP contribution is -2.43. The second kappa shape index (κ2) is 5.58. The Hall–Kier alpha value is -2.55. The summed E-state index contributed by atoms with van der Waals surface area (Å²) >= 11 is 0. The van der Waals surface area contributed by atoms with E-state index in [0.29, 0.717) is 13.1 Å². The quantitative estimate of drug-likeness (QED) is 0.783. The van der Waals surface area contributed by atoms with E-state index >= 15 is 0 Å². The van der Waals surface area contributed by atoms with E-state index in [1.165, 1.54) is 5.70 Å². The molecule has 6 heteroatoms. The lowest BCUT2D eigenvalue weighted by Gasteiger charge is -2.23. The van der Waals surface area contributed by atoms with Crippen molar-refractivity contribution in [3.63, 3.8) is 0 Å². The Bertz CT molecular complexity index is 739. The summed E-state index contributed by atoms with van der Waals surface area (Å²) in [4.78, 5) is 16.3. The molecule has 0 spiro atoms. The molecule has 1 amide bonds. The average molecular weight is 309 g/mol. The first-order valence-electron chi connectivity index (χ1n) is 8.20. The molecule has 4 rings (SSSR count). The SMILES string of the molecule is N#CN1CCCC1C(=O)N1CCc2c1cnn2C1=CC=CCC1. The number of fused-ring (bicyclic) bond motifs is 1.